The van der Waals surface area contributed by atoms with Crippen LogP contribution in [0.4, 0.5) is 0 Å². The Morgan fingerprint density at radius 3 is 1.75 bits per heavy atom. The Hall–Kier alpha value is 0.200. The van der Waals surface area contributed by atoms with E-state index in [9.17, 15) is 8.42 Å². The second-order valence-electron chi connectivity index (χ2n) is 3.11. The molecule has 0 saturated carbocycles. The van der Waals surface area contributed by atoms with Crippen molar-refractivity contribution in [2.24, 2.45) is 0 Å². The highest BCUT2D eigenvalue weighted by molar-refractivity contribution is 8.11. The van der Waals surface area contributed by atoms with Crippen LogP contribution in [0.3, 0.4) is 0 Å². The van der Waals surface area contributed by atoms with Crippen molar-refractivity contribution >= 4 is 19.9 Å². The van der Waals surface area contributed by atoms with Gasteiger partial charge in [0.25, 0.3) is 9.24 Å². The van der Waals surface area contributed by atoms with Crippen LogP contribution in [0.15, 0.2) is 0 Å². The summed E-state index contributed by atoms with van der Waals surface area (Å²) in [4.78, 5) is 0. The van der Waals surface area contributed by atoms with Crippen molar-refractivity contribution in [2.45, 2.75) is 32.1 Å². The van der Waals surface area contributed by atoms with E-state index in [4.69, 9.17) is 10.7 Å². The molecule has 3 nitrogen and oxygen atoms in total. The van der Waals surface area contributed by atoms with Crippen molar-refractivity contribution in [3.63, 3.8) is 0 Å². The molecule has 0 N–H and O–H groups in total. The van der Waals surface area contributed by atoms with E-state index >= 15 is 0 Å². The molecule has 0 radical (unpaired) electrons. The third kappa shape index (κ3) is 3.29. The standard InChI is InChI=1S/C7H14ClNO2S/c8-12(10,11)9-6-4-2-1-3-5-7-9/h1-7H2. The third-order valence-electron chi connectivity index (χ3n) is 2.12. The summed E-state index contributed by atoms with van der Waals surface area (Å²) in [5, 5.41) is 0. The first kappa shape index (κ1) is 10.3. The first-order valence-corrected chi connectivity index (χ1v) is 6.57. The fourth-order valence-electron chi connectivity index (χ4n) is 1.44. The van der Waals surface area contributed by atoms with Crippen LogP contribution in [-0.2, 0) is 9.24 Å². The van der Waals surface area contributed by atoms with Crippen molar-refractivity contribution in [2.75, 3.05) is 13.1 Å². The minimum absolute atomic E-state index is 0.589. The maximum Gasteiger partial charge on any atom is 0.299 e. The number of rotatable bonds is 1. The first-order valence-electron chi connectivity index (χ1n) is 4.30. The van der Waals surface area contributed by atoms with Crippen LogP contribution in [-0.4, -0.2) is 25.8 Å². The van der Waals surface area contributed by atoms with E-state index in [2.05, 4.69) is 0 Å². The van der Waals surface area contributed by atoms with Crippen molar-refractivity contribution in [1.29, 1.82) is 0 Å². The molecule has 5 heteroatoms. The van der Waals surface area contributed by atoms with Gasteiger partial charge in [-0.3, -0.25) is 0 Å². The molecule has 1 aliphatic heterocycles. The highest BCUT2D eigenvalue weighted by Crippen LogP contribution is 2.15. The summed E-state index contributed by atoms with van der Waals surface area (Å²) in [6, 6.07) is 0. The summed E-state index contributed by atoms with van der Waals surface area (Å²) in [6.45, 7) is 1.18. The van der Waals surface area contributed by atoms with E-state index < -0.39 is 9.24 Å². The van der Waals surface area contributed by atoms with Crippen LogP contribution in [0, 0.1) is 0 Å². The Balaban J connectivity index is 2.51. The van der Waals surface area contributed by atoms with Gasteiger partial charge in [0.05, 0.1) is 0 Å². The van der Waals surface area contributed by atoms with Crippen LogP contribution < -0.4 is 0 Å². The molecule has 1 fully saturated rings. The van der Waals surface area contributed by atoms with Crippen molar-refractivity contribution in [3.05, 3.63) is 0 Å². The molecule has 1 rings (SSSR count). The topological polar surface area (TPSA) is 37.4 Å². The zero-order valence-electron chi connectivity index (χ0n) is 7.00. The molecule has 12 heavy (non-hydrogen) atoms. The zero-order chi connectivity index (χ0) is 9.03. The molecule has 0 spiro atoms. The maximum absolute atomic E-state index is 10.9. The number of nitrogens with zero attached hydrogens (tertiary/aromatic N) is 1. The molecule has 1 aliphatic rings. The van der Waals surface area contributed by atoms with Crippen LogP contribution in [0.1, 0.15) is 32.1 Å². The van der Waals surface area contributed by atoms with E-state index in [1.165, 1.54) is 10.7 Å². The van der Waals surface area contributed by atoms with E-state index in [0.717, 1.165) is 25.7 Å². The number of halogens is 1. The molecular formula is C7H14ClNO2S. The zero-order valence-corrected chi connectivity index (χ0v) is 8.57. The minimum atomic E-state index is -3.46. The van der Waals surface area contributed by atoms with E-state index in [1.807, 2.05) is 0 Å². The minimum Gasteiger partial charge on any atom is -0.195 e. The average Bonchev–Trinajstić information content (AvgIpc) is 1.81. The SMILES string of the molecule is O=S(=O)(Cl)N1CCCCCCC1. The molecule has 0 aliphatic carbocycles. The van der Waals surface area contributed by atoms with E-state index in [-0.39, 0.29) is 0 Å². The van der Waals surface area contributed by atoms with Crippen molar-refractivity contribution in [3.8, 4) is 0 Å². The Morgan fingerprint density at radius 2 is 1.33 bits per heavy atom. The summed E-state index contributed by atoms with van der Waals surface area (Å²) in [7, 11) is 1.78. The third-order valence-corrected chi connectivity index (χ3v) is 3.69. The summed E-state index contributed by atoms with van der Waals surface area (Å²) < 4.78 is 23.3. The summed E-state index contributed by atoms with van der Waals surface area (Å²) in [5.41, 5.74) is 0. The van der Waals surface area contributed by atoms with Crippen LogP contribution in [0.2, 0.25) is 0 Å². The van der Waals surface area contributed by atoms with Crippen LogP contribution in [0.25, 0.3) is 0 Å². The first-order chi connectivity index (χ1) is 5.61. The van der Waals surface area contributed by atoms with Crippen molar-refractivity contribution in [1.82, 2.24) is 4.31 Å². The Morgan fingerprint density at radius 1 is 0.917 bits per heavy atom. The second-order valence-corrected chi connectivity index (χ2v) is 5.62. The average molecular weight is 212 g/mol. The molecule has 0 aromatic heterocycles. The van der Waals surface area contributed by atoms with Crippen LogP contribution in [0.5, 0.6) is 0 Å². The molecule has 0 amide bonds. The largest absolute Gasteiger partial charge is 0.299 e. The van der Waals surface area contributed by atoms with Gasteiger partial charge in [0.1, 0.15) is 0 Å². The van der Waals surface area contributed by atoms with Gasteiger partial charge in [0, 0.05) is 23.8 Å². The Bertz CT molecular complexity index is 220. The fraction of sp³-hybridized carbons (Fsp3) is 1.00. The number of hydrogen-bond donors (Lipinski definition) is 0. The second kappa shape index (κ2) is 4.44. The van der Waals surface area contributed by atoms with Gasteiger partial charge in [-0.25, -0.2) is 0 Å². The molecule has 0 unspecified atom stereocenters. The molecular weight excluding hydrogens is 198 g/mol. The van der Waals surface area contributed by atoms with Crippen LogP contribution >= 0.6 is 10.7 Å². The van der Waals surface area contributed by atoms with Gasteiger partial charge >= 0.3 is 0 Å². The molecule has 72 valence electrons. The van der Waals surface area contributed by atoms with Gasteiger partial charge in [-0.1, -0.05) is 19.3 Å². The molecule has 0 bridgehead atoms. The lowest BCUT2D eigenvalue weighted by Gasteiger charge is -2.20. The molecule has 0 aromatic carbocycles. The molecule has 0 atom stereocenters. The molecule has 1 saturated heterocycles. The van der Waals surface area contributed by atoms with E-state index in [0.29, 0.717) is 13.1 Å². The quantitative estimate of drug-likeness (QED) is 0.620. The smallest absolute Gasteiger partial charge is 0.195 e. The van der Waals surface area contributed by atoms with Gasteiger partial charge in [-0.15, -0.1) is 0 Å². The lowest BCUT2D eigenvalue weighted by molar-refractivity contribution is 0.371. The lowest BCUT2D eigenvalue weighted by atomic mass is 10.1. The highest BCUT2D eigenvalue weighted by atomic mass is 35.7. The number of hydrogen-bond acceptors (Lipinski definition) is 2. The van der Waals surface area contributed by atoms with Gasteiger partial charge in [0.2, 0.25) is 0 Å². The van der Waals surface area contributed by atoms with Gasteiger partial charge in [0.15, 0.2) is 0 Å². The predicted octanol–water partition coefficient (Wildman–Crippen LogP) is 1.74. The van der Waals surface area contributed by atoms with E-state index in [1.54, 1.807) is 0 Å². The Kier molecular flexibility index (Phi) is 3.80. The monoisotopic (exact) mass is 211 g/mol. The molecule has 0 aromatic rings. The predicted molar refractivity (Wildman–Crippen MR) is 49.4 cm³/mol. The van der Waals surface area contributed by atoms with Gasteiger partial charge in [-0.2, -0.15) is 12.7 Å². The summed E-state index contributed by atoms with van der Waals surface area (Å²) in [6.07, 6.45) is 5.32. The normalized spacial score (nSPS) is 23.1. The van der Waals surface area contributed by atoms with Crippen molar-refractivity contribution < 1.29 is 8.42 Å². The van der Waals surface area contributed by atoms with Gasteiger partial charge in [-0.05, 0) is 12.8 Å². The van der Waals surface area contributed by atoms with Gasteiger partial charge < -0.3 is 0 Å². The Labute approximate surface area is 78.3 Å². The fourth-order valence-corrected chi connectivity index (χ4v) is 2.54. The highest BCUT2D eigenvalue weighted by Gasteiger charge is 2.18. The lowest BCUT2D eigenvalue weighted by Crippen LogP contribution is -2.30. The molecule has 1 heterocycles. The summed E-state index contributed by atoms with van der Waals surface area (Å²) >= 11 is 0. The maximum atomic E-state index is 10.9. The summed E-state index contributed by atoms with van der Waals surface area (Å²) in [5.74, 6) is 0.